The Morgan fingerprint density at radius 3 is 2.76 bits per heavy atom. The summed E-state index contributed by atoms with van der Waals surface area (Å²) in [4.78, 5) is 23.4. The molecule has 140 valence electrons. The van der Waals surface area contributed by atoms with Gasteiger partial charge in [-0.25, -0.2) is 4.98 Å². The average Bonchev–Trinajstić information content (AvgIpc) is 3.03. The summed E-state index contributed by atoms with van der Waals surface area (Å²) < 4.78 is 0. The molecule has 1 aliphatic heterocycles. The molecule has 7 nitrogen and oxygen atoms in total. The summed E-state index contributed by atoms with van der Waals surface area (Å²) >= 11 is 1.70. The Morgan fingerprint density at radius 2 is 2.16 bits per heavy atom. The zero-order valence-corrected chi connectivity index (χ0v) is 16.1. The van der Waals surface area contributed by atoms with E-state index in [2.05, 4.69) is 32.4 Å². The van der Waals surface area contributed by atoms with Crippen LogP contribution in [0.25, 0.3) is 0 Å². The van der Waals surface area contributed by atoms with Crippen molar-refractivity contribution in [3.05, 3.63) is 16.1 Å². The Balaban J connectivity index is 1.53. The number of unbranched alkanes of at least 4 members (excludes halogenated alkanes) is 1. The molecular weight excluding hydrogens is 336 g/mol. The maximum Gasteiger partial charge on any atom is 0.220 e. The molecule has 0 spiro atoms. The van der Waals surface area contributed by atoms with Gasteiger partial charge < -0.3 is 21.3 Å². The number of hydrogen-bond acceptors (Lipinski definition) is 5. The smallest absolute Gasteiger partial charge is 0.220 e. The van der Waals surface area contributed by atoms with Crippen LogP contribution in [0.5, 0.6) is 0 Å². The van der Waals surface area contributed by atoms with Crippen LogP contribution in [0.15, 0.2) is 11.2 Å². The number of aromatic nitrogens is 1. The van der Waals surface area contributed by atoms with E-state index in [0.717, 1.165) is 62.8 Å². The Bertz CT molecular complexity index is 565. The van der Waals surface area contributed by atoms with Crippen LogP contribution in [0.1, 0.15) is 35.6 Å². The van der Waals surface area contributed by atoms with Gasteiger partial charge in [0.05, 0.1) is 6.54 Å². The molecular formula is C17H30N6OS. The Morgan fingerprint density at radius 1 is 1.40 bits per heavy atom. The van der Waals surface area contributed by atoms with Crippen molar-refractivity contribution in [2.24, 2.45) is 16.6 Å². The standard InChI is InChI=1S/C17H30N6OS/c1-13-11-21-15(25-13)12-22-17(19-2)20-7-3-4-8-23-9-5-14(6-10-23)16(18)24/h11,14H,3-10,12H2,1-2H3,(H2,18,24)(H2,19,20,22). The largest absolute Gasteiger partial charge is 0.369 e. The van der Waals surface area contributed by atoms with Gasteiger partial charge in [0.2, 0.25) is 5.91 Å². The number of primary amides is 1. The third-order valence-electron chi connectivity index (χ3n) is 4.48. The van der Waals surface area contributed by atoms with Crippen LogP contribution in [0.4, 0.5) is 0 Å². The fraction of sp³-hybridized carbons (Fsp3) is 0.706. The summed E-state index contributed by atoms with van der Waals surface area (Å²) in [5.74, 6) is 0.750. The molecule has 2 heterocycles. The van der Waals surface area contributed by atoms with Gasteiger partial charge in [-0.2, -0.15) is 0 Å². The lowest BCUT2D eigenvalue weighted by atomic mass is 9.96. The van der Waals surface area contributed by atoms with Crippen LogP contribution in [0.3, 0.4) is 0 Å². The van der Waals surface area contributed by atoms with Crippen LogP contribution >= 0.6 is 11.3 Å². The third kappa shape index (κ3) is 6.99. The first-order valence-electron chi connectivity index (χ1n) is 8.96. The number of guanidine groups is 1. The van der Waals surface area contributed by atoms with E-state index in [-0.39, 0.29) is 11.8 Å². The van der Waals surface area contributed by atoms with Gasteiger partial charge in [-0.3, -0.25) is 9.79 Å². The topological polar surface area (TPSA) is 95.6 Å². The summed E-state index contributed by atoms with van der Waals surface area (Å²) in [6.07, 6.45) is 5.93. The van der Waals surface area contributed by atoms with Gasteiger partial charge in [-0.05, 0) is 52.2 Å². The third-order valence-corrected chi connectivity index (χ3v) is 5.40. The van der Waals surface area contributed by atoms with Crippen molar-refractivity contribution in [1.29, 1.82) is 0 Å². The maximum absolute atomic E-state index is 11.2. The lowest BCUT2D eigenvalue weighted by molar-refractivity contribution is -0.123. The zero-order chi connectivity index (χ0) is 18.1. The fourth-order valence-corrected chi connectivity index (χ4v) is 3.70. The van der Waals surface area contributed by atoms with E-state index in [1.165, 1.54) is 4.88 Å². The number of nitrogens with one attached hydrogen (secondary N) is 2. The van der Waals surface area contributed by atoms with E-state index in [1.54, 1.807) is 18.4 Å². The van der Waals surface area contributed by atoms with Gasteiger partial charge in [-0.15, -0.1) is 11.3 Å². The summed E-state index contributed by atoms with van der Waals surface area (Å²) in [6.45, 7) is 6.71. The van der Waals surface area contributed by atoms with Crippen LogP contribution < -0.4 is 16.4 Å². The predicted octanol–water partition coefficient (Wildman–Crippen LogP) is 1.09. The molecule has 1 aromatic heterocycles. The number of likely N-dealkylation sites (tertiary alicyclic amines) is 1. The molecule has 1 amide bonds. The molecule has 1 aliphatic rings. The van der Waals surface area contributed by atoms with Crippen molar-refractivity contribution >= 4 is 23.2 Å². The molecule has 0 bridgehead atoms. The molecule has 1 saturated heterocycles. The van der Waals surface area contributed by atoms with E-state index >= 15 is 0 Å². The van der Waals surface area contributed by atoms with Crippen molar-refractivity contribution in [3.63, 3.8) is 0 Å². The van der Waals surface area contributed by atoms with E-state index < -0.39 is 0 Å². The number of amides is 1. The molecule has 0 atom stereocenters. The molecule has 0 radical (unpaired) electrons. The molecule has 0 unspecified atom stereocenters. The Kier molecular flexibility index (Phi) is 8.14. The second-order valence-corrected chi connectivity index (χ2v) is 7.76. The highest BCUT2D eigenvalue weighted by molar-refractivity contribution is 7.11. The first-order valence-corrected chi connectivity index (χ1v) is 9.77. The average molecular weight is 367 g/mol. The van der Waals surface area contributed by atoms with Gasteiger partial charge in [-0.1, -0.05) is 0 Å². The number of rotatable bonds is 8. The minimum absolute atomic E-state index is 0.0777. The number of aryl methyl sites for hydroxylation is 1. The summed E-state index contributed by atoms with van der Waals surface area (Å²) in [6, 6.07) is 0. The van der Waals surface area contributed by atoms with Crippen LogP contribution in [-0.4, -0.2) is 55.0 Å². The maximum atomic E-state index is 11.2. The van der Waals surface area contributed by atoms with Crippen LogP contribution in [0.2, 0.25) is 0 Å². The fourth-order valence-electron chi connectivity index (χ4n) is 2.97. The van der Waals surface area contributed by atoms with Crippen molar-refractivity contribution in [2.45, 2.75) is 39.2 Å². The number of carbonyl (C=O) groups excluding carboxylic acids is 1. The minimum Gasteiger partial charge on any atom is -0.369 e. The second-order valence-electron chi connectivity index (χ2n) is 6.44. The molecule has 8 heteroatoms. The molecule has 2 rings (SSSR count). The lowest BCUT2D eigenvalue weighted by Gasteiger charge is -2.30. The number of carbonyl (C=O) groups is 1. The van der Waals surface area contributed by atoms with E-state index in [1.807, 2.05) is 6.20 Å². The normalized spacial score (nSPS) is 16.8. The summed E-state index contributed by atoms with van der Waals surface area (Å²) in [7, 11) is 1.78. The molecule has 0 aliphatic carbocycles. The van der Waals surface area contributed by atoms with Crippen molar-refractivity contribution in [1.82, 2.24) is 20.5 Å². The molecule has 1 aromatic rings. The lowest BCUT2D eigenvalue weighted by Crippen LogP contribution is -2.39. The van der Waals surface area contributed by atoms with E-state index in [9.17, 15) is 4.79 Å². The highest BCUT2D eigenvalue weighted by atomic mass is 32.1. The van der Waals surface area contributed by atoms with E-state index in [4.69, 9.17) is 5.73 Å². The first-order chi connectivity index (χ1) is 12.1. The monoisotopic (exact) mass is 366 g/mol. The van der Waals surface area contributed by atoms with Gasteiger partial charge in [0, 0.05) is 30.6 Å². The molecule has 4 N–H and O–H groups in total. The quantitative estimate of drug-likeness (QED) is 0.364. The van der Waals surface area contributed by atoms with Crippen molar-refractivity contribution in [3.8, 4) is 0 Å². The first kappa shape index (κ1) is 19.7. The number of piperidine rings is 1. The predicted molar refractivity (Wildman–Crippen MR) is 103 cm³/mol. The SMILES string of the molecule is CN=C(NCCCCN1CCC(C(N)=O)CC1)NCc1ncc(C)s1. The van der Waals surface area contributed by atoms with Crippen molar-refractivity contribution in [2.75, 3.05) is 33.2 Å². The Hall–Kier alpha value is -1.67. The second kappa shape index (κ2) is 10.4. The minimum atomic E-state index is -0.143. The molecule has 25 heavy (non-hydrogen) atoms. The highest BCUT2D eigenvalue weighted by Crippen LogP contribution is 2.16. The van der Waals surface area contributed by atoms with Gasteiger partial charge in [0.25, 0.3) is 0 Å². The number of nitrogens with two attached hydrogens (primary N) is 1. The number of nitrogens with zero attached hydrogens (tertiary/aromatic N) is 3. The van der Waals surface area contributed by atoms with Crippen molar-refractivity contribution < 1.29 is 4.79 Å². The molecule has 1 fully saturated rings. The molecule has 0 aromatic carbocycles. The van der Waals surface area contributed by atoms with Gasteiger partial charge in [0.1, 0.15) is 5.01 Å². The van der Waals surface area contributed by atoms with Crippen LogP contribution in [0, 0.1) is 12.8 Å². The van der Waals surface area contributed by atoms with Gasteiger partial charge >= 0.3 is 0 Å². The van der Waals surface area contributed by atoms with Gasteiger partial charge in [0.15, 0.2) is 5.96 Å². The van der Waals surface area contributed by atoms with Crippen LogP contribution in [-0.2, 0) is 11.3 Å². The highest BCUT2D eigenvalue weighted by Gasteiger charge is 2.22. The van der Waals surface area contributed by atoms with E-state index in [0.29, 0.717) is 6.54 Å². The number of thiazole rings is 1. The summed E-state index contributed by atoms with van der Waals surface area (Å²) in [5.41, 5.74) is 5.37. The molecule has 0 saturated carbocycles. The summed E-state index contributed by atoms with van der Waals surface area (Å²) in [5, 5.41) is 7.70. The Labute approximate surface area is 154 Å². The zero-order valence-electron chi connectivity index (χ0n) is 15.3. The number of aliphatic imine (C=N–C) groups is 1. The number of hydrogen-bond donors (Lipinski definition) is 3.